The van der Waals surface area contributed by atoms with Gasteiger partial charge in [0.25, 0.3) is 0 Å². The Hall–Kier alpha value is -0.620. The average molecular weight is 188 g/mol. The highest BCUT2D eigenvalue weighted by atomic mass is 32.1. The van der Waals surface area contributed by atoms with E-state index in [4.69, 9.17) is 19.2 Å². The van der Waals surface area contributed by atoms with Gasteiger partial charge in [-0.15, -0.1) is 0 Å². The Balaban J connectivity index is -0.00000000500. The lowest BCUT2D eigenvalue weighted by Gasteiger charge is -0.837. The third-order valence-corrected chi connectivity index (χ3v) is 0. The monoisotopic (exact) mass is 188 g/mol. The number of hydrogen-bond donors (Lipinski definition) is 0. The second kappa shape index (κ2) is 1190. The second-order valence-electron chi connectivity index (χ2n) is 0. The summed E-state index contributed by atoms with van der Waals surface area (Å²) in [6.45, 7) is 8.00. The van der Waals surface area contributed by atoms with Crippen molar-refractivity contribution in [1.82, 2.24) is 0 Å². The molecule has 0 aromatic rings. The van der Waals surface area contributed by atoms with E-state index in [0.29, 0.717) is 0 Å². The van der Waals surface area contributed by atoms with Crippen LogP contribution >= 0.6 is 27.0 Å². The summed E-state index contributed by atoms with van der Waals surface area (Å²) in [6, 6.07) is 0. The van der Waals surface area contributed by atoms with Gasteiger partial charge in [0.1, 0.15) is 27.2 Å². The van der Waals surface area contributed by atoms with E-state index in [1.54, 1.807) is 0 Å². The minimum Gasteiger partial charge on any atom is -0.307 e. The smallest absolute Gasteiger partial charge is 0.106 e. The van der Waals surface area contributed by atoms with Gasteiger partial charge < -0.3 is 19.2 Å². The van der Waals surface area contributed by atoms with Crippen molar-refractivity contribution in [2.75, 3.05) is 0 Å². The minimum atomic E-state index is 0. The van der Waals surface area contributed by atoms with Crippen molar-refractivity contribution < 1.29 is 19.2 Å². The third-order valence-electron chi connectivity index (χ3n) is 0. The van der Waals surface area contributed by atoms with Crippen LogP contribution in [0.2, 0.25) is 0 Å². The SMILES string of the molecule is C=O.C=O.C=O.C=O.S.S. The summed E-state index contributed by atoms with van der Waals surface area (Å²) in [7, 11) is 0. The molecule has 0 heterocycles. The molecule has 4 nitrogen and oxygen atoms in total. The molecule has 0 saturated heterocycles. The van der Waals surface area contributed by atoms with E-state index < -0.39 is 0 Å². The molecule has 0 aliphatic rings. The van der Waals surface area contributed by atoms with Gasteiger partial charge in [0, 0.05) is 0 Å². The maximum atomic E-state index is 8.00. The summed E-state index contributed by atoms with van der Waals surface area (Å²) < 4.78 is 0. The zero-order valence-corrected chi connectivity index (χ0v) is 7.46. The van der Waals surface area contributed by atoms with Crippen LogP contribution in [0.4, 0.5) is 0 Å². The highest BCUT2D eigenvalue weighted by Gasteiger charge is 0.642. The average Bonchev–Trinajstić information content (AvgIpc) is 2.03. The van der Waals surface area contributed by atoms with E-state index in [1.165, 1.54) is 0 Å². The molecule has 0 radical (unpaired) electrons. The molecule has 0 atom stereocenters. The lowest BCUT2D eigenvalue weighted by Crippen LogP contribution is -0.925. The third kappa shape index (κ3) is 781. The highest BCUT2D eigenvalue weighted by molar-refractivity contribution is 7.59. The lowest BCUT2D eigenvalue weighted by atomic mass is 11.9. The molecule has 64 valence electrons. The number of carbonyl (C=O) groups excluding carboxylic acids is 4. The highest BCUT2D eigenvalue weighted by Crippen LogP contribution is 0.649. The molecule has 0 amide bonds. The summed E-state index contributed by atoms with van der Waals surface area (Å²) in [5.74, 6) is 0. The molecule has 0 aromatic carbocycles. The Morgan fingerprint density at radius 2 is 0.400 bits per heavy atom. The summed E-state index contributed by atoms with van der Waals surface area (Å²) in [6.07, 6.45) is 0. The molecule has 10 heavy (non-hydrogen) atoms. The Labute approximate surface area is 73.9 Å². The first kappa shape index (κ1) is 57.7. The van der Waals surface area contributed by atoms with Gasteiger partial charge in [0.05, 0.1) is 0 Å². The van der Waals surface area contributed by atoms with E-state index in [0.717, 1.165) is 0 Å². The summed E-state index contributed by atoms with van der Waals surface area (Å²) >= 11 is 0. The molecule has 0 spiro atoms. The van der Waals surface area contributed by atoms with Crippen molar-refractivity contribution in [1.29, 1.82) is 0 Å². The van der Waals surface area contributed by atoms with Crippen LogP contribution < -0.4 is 0 Å². The molecule has 0 aliphatic heterocycles. The van der Waals surface area contributed by atoms with Crippen LogP contribution in [-0.4, -0.2) is 27.2 Å². The van der Waals surface area contributed by atoms with Gasteiger partial charge >= 0.3 is 0 Å². The summed E-state index contributed by atoms with van der Waals surface area (Å²) in [5.41, 5.74) is 0. The van der Waals surface area contributed by atoms with Gasteiger partial charge in [-0.1, -0.05) is 0 Å². The van der Waals surface area contributed by atoms with Crippen LogP contribution in [0.1, 0.15) is 0 Å². The van der Waals surface area contributed by atoms with Crippen LogP contribution in [0.15, 0.2) is 0 Å². The molecule has 0 saturated carbocycles. The van der Waals surface area contributed by atoms with E-state index >= 15 is 0 Å². The van der Waals surface area contributed by atoms with Gasteiger partial charge in [0.2, 0.25) is 0 Å². The quantitative estimate of drug-likeness (QED) is 0.513. The second-order valence-corrected chi connectivity index (χ2v) is 0. The Morgan fingerprint density at radius 3 is 0.400 bits per heavy atom. The van der Waals surface area contributed by atoms with E-state index in [9.17, 15) is 0 Å². The van der Waals surface area contributed by atoms with Crippen molar-refractivity contribution in [2.24, 2.45) is 0 Å². The number of hydrogen-bond acceptors (Lipinski definition) is 4. The molecule has 0 aromatic heterocycles. The molecular formula is C4H12O4S2. The van der Waals surface area contributed by atoms with Gasteiger partial charge in [-0.3, -0.25) is 0 Å². The molecule has 6 heteroatoms. The Morgan fingerprint density at radius 1 is 0.400 bits per heavy atom. The minimum absolute atomic E-state index is 0. The molecule has 0 unspecified atom stereocenters. The fourth-order valence-electron chi connectivity index (χ4n) is 0. The van der Waals surface area contributed by atoms with Gasteiger partial charge in [-0.05, 0) is 0 Å². The predicted octanol–water partition coefficient (Wildman–Crippen LogP) is -0.514. The van der Waals surface area contributed by atoms with E-state index in [2.05, 4.69) is 0 Å². The number of rotatable bonds is 0. The molecule has 0 N–H and O–H groups in total. The van der Waals surface area contributed by atoms with E-state index in [1.807, 2.05) is 27.2 Å². The molecular weight excluding hydrogens is 176 g/mol. The van der Waals surface area contributed by atoms with Crippen molar-refractivity contribution in [3.63, 3.8) is 0 Å². The lowest BCUT2D eigenvalue weighted by molar-refractivity contribution is -0.0987. The van der Waals surface area contributed by atoms with Crippen LogP contribution in [0.3, 0.4) is 0 Å². The number of carbonyl (C=O) groups is 4. The zero-order valence-electron chi connectivity index (χ0n) is 5.46. The van der Waals surface area contributed by atoms with Crippen LogP contribution in [0, 0.1) is 0 Å². The first-order chi connectivity index (χ1) is 4.00. The van der Waals surface area contributed by atoms with Crippen LogP contribution in [0.25, 0.3) is 0 Å². The maximum absolute atomic E-state index is 8.00. The Bertz CT molecular complexity index is 23.2. The standard InChI is InChI=1S/4CH2O.2H2S/c4*1-2;;/h4*1H2;2*1H2. The van der Waals surface area contributed by atoms with Crippen molar-refractivity contribution in [3.05, 3.63) is 0 Å². The summed E-state index contributed by atoms with van der Waals surface area (Å²) in [5, 5.41) is 0. The topological polar surface area (TPSA) is 68.3 Å². The van der Waals surface area contributed by atoms with Crippen LogP contribution in [-0.2, 0) is 19.2 Å². The van der Waals surface area contributed by atoms with Crippen molar-refractivity contribution in [2.45, 2.75) is 0 Å². The summed E-state index contributed by atoms with van der Waals surface area (Å²) in [4.78, 5) is 32.0. The van der Waals surface area contributed by atoms with Crippen molar-refractivity contribution >= 4 is 54.1 Å². The molecule has 0 fully saturated rings. The predicted molar refractivity (Wildman–Crippen MR) is 49.2 cm³/mol. The first-order valence-corrected chi connectivity index (χ1v) is 1.15. The van der Waals surface area contributed by atoms with Gasteiger partial charge in [0.15, 0.2) is 0 Å². The van der Waals surface area contributed by atoms with Gasteiger partial charge in [-0.2, -0.15) is 27.0 Å². The van der Waals surface area contributed by atoms with Gasteiger partial charge in [-0.25, -0.2) is 0 Å². The zero-order chi connectivity index (χ0) is 8.00. The fourth-order valence-corrected chi connectivity index (χ4v) is 0. The fraction of sp³-hybridized carbons (Fsp3) is 0. The van der Waals surface area contributed by atoms with Crippen LogP contribution in [0.5, 0.6) is 0 Å². The first-order valence-electron chi connectivity index (χ1n) is 1.15. The normalized spacial score (nSPS) is 1.60. The van der Waals surface area contributed by atoms with Crippen molar-refractivity contribution in [3.8, 4) is 0 Å². The molecule has 0 aliphatic carbocycles. The molecule has 0 bridgehead atoms. The molecule has 0 rings (SSSR count). The van der Waals surface area contributed by atoms with E-state index in [-0.39, 0.29) is 27.0 Å². The largest absolute Gasteiger partial charge is 0.307 e. The Kier molecular flexibility index (Phi) is 6850. The maximum Gasteiger partial charge on any atom is 0.106 e.